The summed E-state index contributed by atoms with van der Waals surface area (Å²) in [5, 5.41) is 30.2. The summed E-state index contributed by atoms with van der Waals surface area (Å²) in [4.78, 5) is 64.7. The number of aromatic hydroxyl groups is 2. The number of halogens is 3. The van der Waals surface area contributed by atoms with Crippen molar-refractivity contribution in [3.8, 4) is 23.0 Å². The number of phenols is 2. The Labute approximate surface area is 274 Å². The summed E-state index contributed by atoms with van der Waals surface area (Å²) in [7, 11) is 2.65. The maximum Gasteiger partial charge on any atom is 0.339 e. The molecule has 2 saturated heterocycles. The maximum absolute atomic E-state index is 14.1. The maximum atomic E-state index is 14.1. The van der Waals surface area contributed by atoms with E-state index in [0.29, 0.717) is 11.1 Å². The van der Waals surface area contributed by atoms with Crippen molar-refractivity contribution >= 4 is 74.4 Å². The molecular weight excluding hydrogens is 699 g/mol. The minimum atomic E-state index is -2.08. The summed E-state index contributed by atoms with van der Waals surface area (Å²) in [6, 6.07) is 6.28. The second-order valence-corrected chi connectivity index (χ2v) is 13.0. The second kappa shape index (κ2) is 10.6. The molecule has 236 valence electrons. The van der Waals surface area contributed by atoms with Crippen LogP contribution in [0.15, 0.2) is 42.0 Å². The number of carbonyl (C=O) groups excluding carboxylic acids is 4. The van der Waals surface area contributed by atoms with Crippen LogP contribution >= 0.6 is 39.1 Å². The summed E-state index contributed by atoms with van der Waals surface area (Å²) in [5.74, 6) is -8.95. The summed E-state index contributed by atoms with van der Waals surface area (Å²) >= 11 is 17.6. The molecule has 15 heteroatoms. The zero-order valence-corrected chi connectivity index (χ0v) is 26.7. The van der Waals surface area contributed by atoms with Crippen LogP contribution in [0.1, 0.15) is 34.7 Å². The van der Waals surface area contributed by atoms with Crippen LogP contribution in [0.5, 0.6) is 23.0 Å². The number of methoxy groups -OCH3 is 2. The van der Waals surface area contributed by atoms with Crippen molar-refractivity contribution in [1.82, 2.24) is 4.90 Å². The third-order valence-electron chi connectivity index (χ3n) is 9.32. The van der Waals surface area contributed by atoms with Gasteiger partial charge in [-0.2, -0.15) is 0 Å². The lowest BCUT2D eigenvalue weighted by atomic mass is 9.56. The van der Waals surface area contributed by atoms with E-state index in [1.165, 1.54) is 32.4 Å². The predicted molar refractivity (Wildman–Crippen MR) is 162 cm³/mol. The average Bonchev–Trinajstić information content (AvgIpc) is 3.34. The van der Waals surface area contributed by atoms with E-state index in [1.54, 1.807) is 6.08 Å². The van der Waals surface area contributed by atoms with Gasteiger partial charge in [0.25, 0.3) is 11.8 Å². The second-order valence-electron chi connectivity index (χ2n) is 11.3. The lowest BCUT2D eigenvalue weighted by molar-refractivity contribution is -0.138. The number of imide groups is 2. The smallest absolute Gasteiger partial charge is 0.339 e. The number of fused-ring (bicyclic) bond motifs is 4. The molecular formula is C30H25BrCl2N2O10. The number of hydrogen-bond acceptors (Lipinski definition) is 9. The first kappa shape index (κ1) is 31.2. The average molecular weight is 724 g/mol. The van der Waals surface area contributed by atoms with Crippen molar-refractivity contribution in [3.63, 3.8) is 0 Å². The Morgan fingerprint density at radius 3 is 2.20 bits per heavy atom. The minimum Gasteiger partial charge on any atom is -0.507 e. The molecule has 0 unspecified atom stereocenters. The number of anilines is 1. The molecule has 2 aliphatic heterocycles. The topological polar surface area (TPSA) is 171 Å². The van der Waals surface area contributed by atoms with E-state index >= 15 is 0 Å². The molecule has 0 bridgehead atoms. The van der Waals surface area contributed by atoms with Crippen molar-refractivity contribution in [2.45, 2.75) is 28.5 Å². The number of carbonyl (C=O) groups is 5. The molecule has 3 N–H and O–H groups in total. The lowest BCUT2D eigenvalue weighted by Gasteiger charge is -2.50. The third-order valence-corrected chi connectivity index (χ3v) is 11.2. The Bertz CT molecular complexity index is 1720. The van der Waals surface area contributed by atoms with Gasteiger partial charge in [-0.05, 0) is 48.6 Å². The van der Waals surface area contributed by atoms with Gasteiger partial charge in [0.1, 0.15) is 11.3 Å². The van der Waals surface area contributed by atoms with E-state index in [1.807, 2.05) is 0 Å². The Morgan fingerprint density at radius 1 is 1.00 bits per heavy atom. The first-order valence-electron chi connectivity index (χ1n) is 13.7. The summed E-state index contributed by atoms with van der Waals surface area (Å²) in [6.45, 7) is 0. The van der Waals surface area contributed by atoms with Crippen LogP contribution < -0.4 is 14.4 Å². The quantitative estimate of drug-likeness (QED) is 0.173. The molecule has 6 atom stereocenters. The van der Waals surface area contributed by atoms with Gasteiger partial charge in [0.15, 0.2) is 21.2 Å². The normalized spacial score (nSPS) is 30.6. The van der Waals surface area contributed by atoms with Gasteiger partial charge in [-0.1, -0.05) is 27.6 Å². The molecule has 0 radical (unpaired) electrons. The van der Waals surface area contributed by atoms with E-state index in [4.69, 9.17) is 32.7 Å². The fourth-order valence-corrected chi connectivity index (χ4v) is 8.73. The number of alkyl halides is 3. The fourth-order valence-electron chi connectivity index (χ4n) is 7.30. The molecule has 4 amide bonds. The first-order chi connectivity index (χ1) is 21.3. The number of phenolic OH excluding ortho intramolecular Hbond substituents is 1. The van der Waals surface area contributed by atoms with Crippen LogP contribution in [0.25, 0.3) is 0 Å². The Kier molecular flexibility index (Phi) is 7.37. The highest BCUT2D eigenvalue weighted by atomic mass is 79.9. The zero-order chi connectivity index (χ0) is 32.7. The van der Waals surface area contributed by atoms with Crippen LogP contribution in [0.2, 0.25) is 0 Å². The largest absolute Gasteiger partial charge is 0.507 e. The van der Waals surface area contributed by atoms with Gasteiger partial charge in [0, 0.05) is 12.0 Å². The zero-order valence-electron chi connectivity index (χ0n) is 23.6. The van der Waals surface area contributed by atoms with Crippen LogP contribution in [0.3, 0.4) is 0 Å². The van der Waals surface area contributed by atoms with Crippen molar-refractivity contribution in [1.29, 1.82) is 0 Å². The number of likely N-dealkylation sites (tertiary alicyclic amines) is 1. The van der Waals surface area contributed by atoms with Crippen LogP contribution in [0, 0.1) is 17.8 Å². The van der Waals surface area contributed by atoms with Crippen molar-refractivity contribution in [2.24, 2.45) is 17.8 Å². The van der Waals surface area contributed by atoms with Gasteiger partial charge in [-0.25, -0.2) is 9.69 Å². The Balaban J connectivity index is 1.52. The van der Waals surface area contributed by atoms with Crippen molar-refractivity contribution < 1.29 is 48.8 Å². The monoisotopic (exact) mass is 722 g/mol. The molecule has 12 nitrogen and oxygen atoms in total. The van der Waals surface area contributed by atoms with Gasteiger partial charge in [0.2, 0.25) is 17.6 Å². The molecule has 6 rings (SSSR count). The Morgan fingerprint density at radius 2 is 1.64 bits per heavy atom. The summed E-state index contributed by atoms with van der Waals surface area (Å²) in [6.07, 6.45) is 1.56. The lowest BCUT2D eigenvalue weighted by Crippen LogP contribution is -2.60. The van der Waals surface area contributed by atoms with Crippen LogP contribution in [-0.4, -0.2) is 79.2 Å². The molecule has 0 aromatic heterocycles. The highest BCUT2D eigenvalue weighted by Gasteiger charge is 2.76. The highest BCUT2D eigenvalue weighted by molar-refractivity contribution is 9.09. The van der Waals surface area contributed by atoms with E-state index in [0.717, 1.165) is 21.9 Å². The van der Waals surface area contributed by atoms with Crippen molar-refractivity contribution in [2.75, 3.05) is 24.6 Å². The molecule has 3 fully saturated rings. The summed E-state index contributed by atoms with van der Waals surface area (Å²) in [5.41, 5.74) is 0.198. The van der Waals surface area contributed by atoms with Gasteiger partial charge >= 0.3 is 5.97 Å². The SMILES string of the molecule is COc1cc([C@H]2C3=CC[C@@H]4C(=O)N(c5ccc(C(=O)O)c(O)c5)C(=O)[C@@H]4[C@@H]3C[C@@]3(Cl)C(=O)N(CBr)C(=O)[C@@]23Cl)cc(OC)c1O. The van der Waals surface area contributed by atoms with E-state index in [-0.39, 0.29) is 41.2 Å². The van der Waals surface area contributed by atoms with Gasteiger partial charge in [-0.3, -0.25) is 24.1 Å². The molecule has 1 saturated carbocycles. The molecule has 45 heavy (non-hydrogen) atoms. The third kappa shape index (κ3) is 4.06. The highest BCUT2D eigenvalue weighted by Crippen LogP contribution is 2.66. The number of carboxylic acids is 1. The number of rotatable bonds is 6. The summed E-state index contributed by atoms with van der Waals surface area (Å²) < 4.78 is 10.7. The number of hydrogen-bond donors (Lipinski definition) is 3. The van der Waals surface area contributed by atoms with Crippen LogP contribution in [0.4, 0.5) is 5.69 Å². The van der Waals surface area contributed by atoms with E-state index in [2.05, 4.69) is 15.9 Å². The number of carboxylic acid groups (broad SMARTS) is 1. The van der Waals surface area contributed by atoms with E-state index < -0.39 is 74.3 Å². The van der Waals surface area contributed by atoms with Gasteiger partial charge < -0.3 is 24.8 Å². The standard InChI is InChI=1S/C30H25BrCl2N2O10/c1-44-19-7-12(8-20(45-2)23(19)37)22-14-5-6-16-21(17(14)10-29(32)27(42)34(11-31)28(43)30(22,29)33)25(39)35(24(16)38)13-3-4-15(26(40)41)18(36)9-13/h3-5,7-9,16-17,21-22,36-37H,6,10-11H2,1-2H3,(H,40,41)/t16-,17+,21-,22-,29+,30-/m0/s1. The molecule has 2 heterocycles. The number of benzene rings is 2. The van der Waals surface area contributed by atoms with E-state index in [9.17, 15) is 39.3 Å². The molecule has 4 aliphatic rings. The molecule has 2 aromatic carbocycles. The van der Waals surface area contributed by atoms with Gasteiger partial charge in [0.05, 0.1) is 37.2 Å². The minimum absolute atomic E-state index is 0.00164. The number of amides is 4. The fraction of sp³-hybridized carbons (Fsp3) is 0.367. The number of ether oxygens (including phenoxy) is 2. The van der Waals surface area contributed by atoms with Crippen LogP contribution in [-0.2, 0) is 19.2 Å². The van der Waals surface area contributed by atoms with Gasteiger partial charge in [-0.15, -0.1) is 23.2 Å². The van der Waals surface area contributed by atoms with Crippen molar-refractivity contribution in [3.05, 3.63) is 53.1 Å². The Hall–Kier alpha value is -3.81. The predicted octanol–water partition coefficient (Wildman–Crippen LogP) is 3.73. The first-order valence-corrected chi connectivity index (χ1v) is 15.5. The molecule has 2 aromatic rings. The molecule has 2 aliphatic carbocycles. The number of aromatic carboxylic acids is 1. The number of nitrogens with zero attached hydrogens (tertiary/aromatic N) is 2. The number of allylic oxidation sites excluding steroid dienone is 2. The molecule has 0 spiro atoms.